The topological polar surface area (TPSA) is 42.0 Å². The second-order valence-corrected chi connectivity index (χ2v) is 5.58. The van der Waals surface area contributed by atoms with E-state index in [0.717, 1.165) is 30.0 Å². The minimum Gasteiger partial charge on any atom is -0.351 e. The van der Waals surface area contributed by atoms with Gasteiger partial charge in [-0.15, -0.1) is 6.58 Å². The number of halogens is 1. The van der Waals surface area contributed by atoms with Crippen LogP contribution in [0.15, 0.2) is 24.8 Å². The third-order valence-electron chi connectivity index (χ3n) is 2.38. The van der Waals surface area contributed by atoms with Crippen molar-refractivity contribution in [3.63, 3.8) is 0 Å². The van der Waals surface area contributed by atoms with Gasteiger partial charge in [0.1, 0.15) is 5.15 Å². The Hall–Kier alpha value is -1.00. The Bertz CT molecular complexity index is 437. The van der Waals surface area contributed by atoms with Crippen molar-refractivity contribution in [1.82, 2.24) is 10.3 Å². The number of rotatable bonds is 8. The first-order chi connectivity index (χ1) is 9.17. The van der Waals surface area contributed by atoms with Crippen molar-refractivity contribution in [2.75, 3.05) is 18.1 Å². The summed E-state index contributed by atoms with van der Waals surface area (Å²) in [6.45, 7) is 6.36. The predicted octanol–water partition coefficient (Wildman–Crippen LogP) is 3.34. The number of nitrogens with zero attached hydrogens (tertiary/aromatic N) is 1. The Morgan fingerprint density at radius 1 is 1.58 bits per heavy atom. The largest absolute Gasteiger partial charge is 0.351 e. The fourth-order valence-electron chi connectivity index (χ4n) is 1.57. The molecule has 1 amide bonds. The molecule has 5 heteroatoms. The molecule has 1 N–H and O–H groups in total. The van der Waals surface area contributed by atoms with Crippen LogP contribution in [0.5, 0.6) is 0 Å². The van der Waals surface area contributed by atoms with Gasteiger partial charge in [-0.05, 0) is 18.6 Å². The van der Waals surface area contributed by atoms with Gasteiger partial charge < -0.3 is 5.32 Å². The molecule has 0 aromatic carbocycles. The third-order valence-corrected chi connectivity index (χ3v) is 3.54. The summed E-state index contributed by atoms with van der Waals surface area (Å²) in [7, 11) is 0. The molecule has 0 fully saturated rings. The molecule has 0 saturated heterocycles. The zero-order valence-electron chi connectivity index (χ0n) is 11.1. The van der Waals surface area contributed by atoms with E-state index in [0.29, 0.717) is 17.3 Å². The van der Waals surface area contributed by atoms with Gasteiger partial charge in [-0.1, -0.05) is 31.0 Å². The average molecular weight is 299 g/mol. The van der Waals surface area contributed by atoms with Crippen molar-refractivity contribution in [3.8, 4) is 0 Å². The highest BCUT2D eigenvalue weighted by Crippen LogP contribution is 2.12. The number of pyridine rings is 1. The second-order valence-electron chi connectivity index (χ2n) is 4.04. The minimum atomic E-state index is -0.0964. The smallest absolute Gasteiger partial charge is 0.251 e. The van der Waals surface area contributed by atoms with Crippen LogP contribution in [-0.4, -0.2) is 28.9 Å². The van der Waals surface area contributed by atoms with Crippen molar-refractivity contribution in [2.24, 2.45) is 0 Å². The number of aryl methyl sites for hydroxylation is 1. The number of amides is 1. The van der Waals surface area contributed by atoms with Gasteiger partial charge in [0.05, 0.1) is 0 Å². The number of carbonyl (C=O) groups excluding carboxylic acids is 1. The molecule has 1 aromatic rings. The lowest BCUT2D eigenvalue weighted by atomic mass is 10.1. The predicted molar refractivity (Wildman–Crippen MR) is 83.1 cm³/mol. The SMILES string of the molecule is C=CCSCCNC(=O)c1cc(Cl)nc(CCC)c1. The molecule has 104 valence electrons. The number of nitrogens with one attached hydrogen (secondary N) is 1. The van der Waals surface area contributed by atoms with Gasteiger partial charge in [-0.25, -0.2) is 4.98 Å². The van der Waals surface area contributed by atoms with Crippen molar-refractivity contribution < 1.29 is 4.79 Å². The maximum atomic E-state index is 12.0. The van der Waals surface area contributed by atoms with Crippen molar-refractivity contribution >= 4 is 29.3 Å². The van der Waals surface area contributed by atoms with E-state index >= 15 is 0 Å². The van der Waals surface area contributed by atoms with Crippen LogP contribution < -0.4 is 5.32 Å². The van der Waals surface area contributed by atoms with Crippen LogP contribution in [0, 0.1) is 0 Å². The maximum Gasteiger partial charge on any atom is 0.251 e. The van der Waals surface area contributed by atoms with Crippen LogP contribution in [0.1, 0.15) is 29.4 Å². The molecule has 0 radical (unpaired) electrons. The summed E-state index contributed by atoms with van der Waals surface area (Å²) in [4.78, 5) is 16.2. The Balaban J connectivity index is 2.53. The summed E-state index contributed by atoms with van der Waals surface area (Å²) in [6, 6.07) is 3.41. The van der Waals surface area contributed by atoms with E-state index in [2.05, 4.69) is 23.8 Å². The molecule has 1 heterocycles. The standard InChI is InChI=1S/C14H19ClN2OS/c1-3-5-12-9-11(10-13(15)17-12)14(18)16-6-8-19-7-4-2/h4,9-10H,2-3,5-8H2,1H3,(H,16,18). The van der Waals surface area contributed by atoms with E-state index in [-0.39, 0.29) is 5.91 Å². The van der Waals surface area contributed by atoms with Crippen LogP contribution in [0.4, 0.5) is 0 Å². The summed E-state index contributed by atoms with van der Waals surface area (Å²) < 4.78 is 0. The average Bonchev–Trinajstić information content (AvgIpc) is 2.38. The molecular formula is C14H19ClN2OS. The van der Waals surface area contributed by atoms with Crippen LogP contribution in [0.3, 0.4) is 0 Å². The van der Waals surface area contributed by atoms with Crippen LogP contribution in [0.2, 0.25) is 5.15 Å². The van der Waals surface area contributed by atoms with E-state index in [1.54, 1.807) is 17.8 Å². The van der Waals surface area contributed by atoms with Crippen LogP contribution >= 0.6 is 23.4 Å². The second kappa shape index (κ2) is 8.99. The summed E-state index contributed by atoms with van der Waals surface area (Å²) >= 11 is 7.66. The molecule has 0 atom stereocenters. The minimum absolute atomic E-state index is 0.0964. The zero-order valence-corrected chi connectivity index (χ0v) is 12.7. The fraction of sp³-hybridized carbons (Fsp3) is 0.429. The highest BCUT2D eigenvalue weighted by Gasteiger charge is 2.08. The van der Waals surface area contributed by atoms with Gasteiger partial charge in [0, 0.05) is 29.3 Å². The number of hydrogen-bond donors (Lipinski definition) is 1. The van der Waals surface area contributed by atoms with Gasteiger partial charge in [0.2, 0.25) is 0 Å². The Labute approximate surface area is 123 Å². The third kappa shape index (κ3) is 6.12. The molecule has 0 aliphatic heterocycles. The molecule has 1 aromatic heterocycles. The highest BCUT2D eigenvalue weighted by molar-refractivity contribution is 7.99. The number of aromatic nitrogens is 1. The molecule has 19 heavy (non-hydrogen) atoms. The first kappa shape index (κ1) is 16.1. The molecule has 1 rings (SSSR count). The molecule has 0 spiro atoms. The van der Waals surface area contributed by atoms with E-state index in [1.165, 1.54) is 0 Å². The normalized spacial score (nSPS) is 10.2. The maximum absolute atomic E-state index is 12.0. The summed E-state index contributed by atoms with van der Waals surface area (Å²) in [5.74, 6) is 1.68. The zero-order chi connectivity index (χ0) is 14.1. The lowest BCUT2D eigenvalue weighted by Gasteiger charge is -2.07. The van der Waals surface area contributed by atoms with Crippen LogP contribution in [-0.2, 0) is 6.42 Å². The van der Waals surface area contributed by atoms with E-state index in [9.17, 15) is 4.79 Å². The monoisotopic (exact) mass is 298 g/mol. The quantitative estimate of drug-likeness (QED) is 0.455. The van der Waals surface area contributed by atoms with E-state index in [4.69, 9.17) is 11.6 Å². The highest BCUT2D eigenvalue weighted by atomic mass is 35.5. The van der Waals surface area contributed by atoms with Crippen molar-refractivity contribution in [1.29, 1.82) is 0 Å². The van der Waals surface area contributed by atoms with Crippen molar-refractivity contribution in [3.05, 3.63) is 41.2 Å². The molecule has 0 bridgehead atoms. The fourth-order valence-corrected chi connectivity index (χ4v) is 2.38. The molecule has 0 saturated carbocycles. The van der Waals surface area contributed by atoms with E-state index < -0.39 is 0 Å². The molecule has 0 unspecified atom stereocenters. The number of hydrogen-bond acceptors (Lipinski definition) is 3. The Morgan fingerprint density at radius 3 is 3.05 bits per heavy atom. The van der Waals surface area contributed by atoms with Crippen molar-refractivity contribution in [2.45, 2.75) is 19.8 Å². The number of carbonyl (C=O) groups is 1. The lowest BCUT2D eigenvalue weighted by molar-refractivity contribution is 0.0956. The first-order valence-corrected chi connectivity index (χ1v) is 7.84. The van der Waals surface area contributed by atoms with Gasteiger partial charge in [-0.3, -0.25) is 4.79 Å². The Kier molecular flexibility index (Phi) is 7.60. The summed E-state index contributed by atoms with van der Waals surface area (Å²) in [5.41, 5.74) is 1.44. The molecule has 0 aliphatic rings. The summed E-state index contributed by atoms with van der Waals surface area (Å²) in [5, 5.41) is 3.25. The summed E-state index contributed by atoms with van der Waals surface area (Å²) in [6.07, 6.45) is 3.66. The van der Waals surface area contributed by atoms with Gasteiger partial charge in [0.15, 0.2) is 0 Å². The lowest BCUT2D eigenvalue weighted by Crippen LogP contribution is -2.26. The Morgan fingerprint density at radius 2 is 2.37 bits per heavy atom. The van der Waals surface area contributed by atoms with Gasteiger partial charge in [0.25, 0.3) is 5.91 Å². The molecule has 3 nitrogen and oxygen atoms in total. The van der Waals surface area contributed by atoms with Gasteiger partial charge in [-0.2, -0.15) is 11.8 Å². The molecular weight excluding hydrogens is 280 g/mol. The van der Waals surface area contributed by atoms with Gasteiger partial charge >= 0.3 is 0 Å². The van der Waals surface area contributed by atoms with E-state index in [1.807, 2.05) is 12.1 Å². The van der Waals surface area contributed by atoms with Crippen LogP contribution in [0.25, 0.3) is 0 Å². The molecule has 0 aliphatic carbocycles. The first-order valence-electron chi connectivity index (χ1n) is 6.30. The number of thioether (sulfide) groups is 1.